The molecule has 0 bridgehead atoms. The zero-order valence-electron chi connectivity index (χ0n) is 18.3. The van der Waals surface area contributed by atoms with Crippen LogP contribution in [0.3, 0.4) is 0 Å². The van der Waals surface area contributed by atoms with Crippen molar-refractivity contribution in [2.75, 3.05) is 23.3 Å². The van der Waals surface area contributed by atoms with Gasteiger partial charge in [-0.15, -0.1) is 0 Å². The van der Waals surface area contributed by atoms with Gasteiger partial charge in [-0.05, 0) is 51.5 Å². The maximum Gasteiger partial charge on any atom is 0.407 e. The van der Waals surface area contributed by atoms with Crippen molar-refractivity contribution in [3.8, 4) is 0 Å². The Kier molecular flexibility index (Phi) is 6.20. The van der Waals surface area contributed by atoms with Crippen LogP contribution in [-0.4, -0.2) is 45.8 Å². The molecule has 11 heteroatoms. The first kappa shape index (κ1) is 22.9. The molecule has 1 aliphatic rings. The van der Waals surface area contributed by atoms with E-state index in [1.54, 1.807) is 6.07 Å². The Morgan fingerprint density at radius 2 is 2.00 bits per heavy atom. The van der Waals surface area contributed by atoms with E-state index in [4.69, 9.17) is 16.3 Å². The molecule has 0 aliphatic carbocycles. The van der Waals surface area contributed by atoms with Crippen LogP contribution in [0.2, 0.25) is 5.02 Å². The molecule has 1 atom stereocenters. The first-order chi connectivity index (χ1) is 15.6. The van der Waals surface area contributed by atoms with Crippen LogP contribution in [-0.2, 0) is 4.74 Å². The second-order valence-corrected chi connectivity index (χ2v) is 9.06. The fraction of sp³-hybridized carbons (Fsp3) is 0.364. The molecule has 3 aromatic rings. The number of halogens is 3. The molecular weight excluding hydrogens is 454 g/mol. The molecule has 3 heterocycles. The van der Waals surface area contributed by atoms with Crippen LogP contribution in [0.15, 0.2) is 30.6 Å². The third kappa shape index (κ3) is 5.22. The maximum absolute atomic E-state index is 14.4. The van der Waals surface area contributed by atoms with E-state index < -0.39 is 28.4 Å². The summed E-state index contributed by atoms with van der Waals surface area (Å²) >= 11 is 5.68. The molecule has 0 spiro atoms. The highest BCUT2D eigenvalue weighted by Gasteiger charge is 2.27. The lowest BCUT2D eigenvalue weighted by atomic mass is 10.2. The number of alkyl carbamates (subject to hydrolysis) is 1. The van der Waals surface area contributed by atoms with Gasteiger partial charge >= 0.3 is 6.09 Å². The van der Waals surface area contributed by atoms with Crippen molar-refractivity contribution in [1.82, 2.24) is 20.3 Å². The van der Waals surface area contributed by atoms with Crippen LogP contribution in [0, 0.1) is 11.6 Å². The SMILES string of the molecule is CC(C)(C)OC(=O)NC1CCN(c2ccc3ncnc(Nc4ccc(F)c(Cl)c4F)c3n2)C1. The van der Waals surface area contributed by atoms with E-state index in [9.17, 15) is 13.6 Å². The summed E-state index contributed by atoms with van der Waals surface area (Å²) in [5, 5.41) is 5.10. The zero-order valence-corrected chi connectivity index (χ0v) is 19.1. The topological polar surface area (TPSA) is 92.3 Å². The number of fused-ring (bicyclic) bond motifs is 1. The monoisotopic (exact) mass is 476 g/mol. The molecule has 33 heavy (non-hydrogen) atoms. The van der Waals surface area contributed by atoms with Gasteiger partial charge in [-0.2, -0.15) is 0 Å². The number of hydrogen-bond donors (Lipinski definition) is 2. The van der Waals surface area contributed by atoms with Gasteiger partial charge in [0.05, 0.1) is 17.2 Å². The van der Waals surface area contributed by atoms with Gasteiger partial charge in [-0.25, -0.2) is 28.5 Å². The standard InChI is InChI=1S/C22H23ClF2N6O2/c1-22(2,3)33-21(32)28-12-8-9-31(10-12)16-7-6-15-19(30-16)20(27-11-26-15)29-14-5-4-13(24)17(23)18(14)25/h4-7,11-12H,8-10H2,1-3H3,(H,28,32)(H,26,27,29). The second-order valence-electron chi connectivity index (χ2n) is 8.69. The van der Waals surface area contributed by atoms with Crippen LogP contribution in [0.5, 0.6) is 0 Å². The van der Waals surface area contributed by atoms with Crippen molar-refractivity contribution in [2.24, 2.45) is 0 Å². The smallest absolute Gasteiger partial charge is 0.407 e. The third-order valence-electron chi connectivity index (χ3n) is 4.99. The van der Waals surface area contributed by atoms with Crippen LogP contribution >= 0.6 is 11.6 Å². The van der Waals surface area contributed by atoms with E-state index in [2.05, 4.69) is 25.6 Å². The molecule has 8 nitrogen and oxygen atoms in total. The molecule has 0 radical (unpaired) electrons. The van der Waals surface area contributed by atoms with Crippen LogP contribution in [0.25, 0.3) is 11.0 Å². The molecule has 1 aromatic carbocycles. The van der Waals surface area contributed by atoms with Gasteiger partial charge in [-0.3, -0.25) is 0 Å². The highest BCUT2D eigenvalue weighted by molar-refractivity contribution is 6.31. The minimum atomic E-state index is -0.921. The largest absolute Gasteiger partial charge is 0.444 e. The molecule has 1 amide bonds. The molecule has 4 rings (SSSR count). The van der Waals surface area contributed by atoms with Gasteiger partial charge < -0.3 is 20.3 Å². The summed E-state index contributed by atoms with van der Waals surface area (Å²) in [5.74, 6) is -0.857. The molecule has 174 valence electrons. The fourth-order valence-electron chi connectivity index (χ4n) is 3.51. The molecule has 1 fully saturated rings. The first-order valence-electron chi connectivity index (χ1n) is 10.4. The normalized spacial score (nSPS) is 16.2. The summed E-state index contributed by atoms with van der Waals surface area (Å²) in [4.78, 5) is 27.1. The van der Waals surface area contributed by atoms with Crippen molar-refractivity contribution in [1.29, 1.82) is 0 Å². The summed E-state index contributed by atoms with van der Waals surface area (Å²) < 4.78 is 33.2. The van der Waals surface area contributed by atoms with E-state index in [1.165, 1.54) is 12.4 Å². The van der Waals surface area contributed by atoms with E-state index in [0.29, 0.717) is 29.9 Å². The summed E-state index contributed by atoms with van der Waals surface area (Å²) in [7, 11) is 0. The van der Waals surface area contributed by atoms with Crippen molar-refractivity contribution >= 4 is 46.1 Å². The van der Waals surface area contributed by atoms with E-state index in [-0.39, 0.29) is 17.5 Å². The van der Waals surface area contributed by atoms with Crippen LogP contribution in [0.4, 0.5) is 30.9 Å². The van der Waals surface area contributed by atoms with E-state index >= 15 is 0 Å². The summed E-state index contributed by atoms with van der Waals surface area (Å²) in [5.41, 5.74) is 0.363. The van der Waals surface area contributed by atoms with Crippen LogP contribution in [0.1, 0.15) is 27.2 Å². The molecule has 0 saturated carbocycles. The Morgan fingerprint density at radius 1 is 1.21 bits per heavy atom. The molecule has 1 aliphatic heterocycles. The van der Waals surface area contributed by atoms with Gasteiger partial charge in [0, 0.05) is 13.1 Å². The van der Waals surface area contributed by atoms with Gasteiger partial charge in [0.15, 0.2) is 11.6 Å². The molecule has 2 N–H and O–H groups in total. The Hall–Kier alpha value is -3.27. The highest BCUT2D eigenvalue weighted by atomic mass is 35.5. The van der Waals surface area contributed by atoms with Gasteiger partial charge in [0.25, 0.3) is 0 Å². The summed E-state index contributed by atoms with van der Waals surface area (Å²) in [6.45, 7) is 6.66. The first-order valence-corrected chi connectivity index (χ1v) is 10.8. The minimum absolute atomic E-state index is 0.0311. The van der Waals surface area contributed by atoms with Crippen LogP contribution < -0.4 is 15.5 Å². The molecule has 1 saturated heterocycles. The number of hydrogen-bond acceptors (Lipinski definition) is 7. The van der Waals surface area contributed by atoms with Gasteiger partial charge in [-0.1, -0.05) is 11.6 Å². The Morgan fingerprint density at radius 3 is 2.76 bits per heavy atom. The predicted molar refractivity (Wildman–Crippen MR) is 122 cm³/mol. The third-order valence-corrected chi connectivity index (χ3v) is 5.34. The molecule has 2 aromatic heterocycles. The number of amides is 1. The number of carbonyl (C=O) groups is 1. The van der Waals surface area contributed by atoms with E-state index in [1.807, 2.05) is 31.7 Å². The second kappa shape index (κ2) is 8.93. The fourth-order valence-corrected chi connectivity index (χ4v) is 3.67. The number of nitrogens with zero attached hydrogens (tertiary/aromatic N) is 4. The van der Waals surface area contributed by atoms with Gasteiger partial charge in [0.2, 0.25) is 0 Å². The number of carbonyl (C=O) groups excluding carboxylic acids is 1. The lowest BCUT2D eigenvalue weighted by Crippen LogP contribution is -2.40. The number of nitrogens with one attached hydrogen (secondary N) is 2. The van der Waals surface area contributed by atoms with Crippen molar-refractivity contribution < 1.29 is 18.3 Å². The zero-order chi connectivity index (χ0) is 23.8. The minimum Gasteiger partial charge on any atom is -0.444 e. The molecular formula is C22H23ClF2N6O2. The van der Waals surface area contributed by atoms with Crippen molar-refractivity contribution in [2.45, 2.75) is 38.8 Å². The predicted octanol–water partition coefficient (Wildman–Crippen LogP) is 4.80. The quantitative estimate of drug-likeness (QED) is 0.522. The number of ether oxygens (including phenoxy) is 1. The number of benzene rings is 1. The summed E-state index contributed by atoms with van der Waals surface area (Å²) in [6, 6.07) is 5.83. The lowest BCUT2D eigenvalue weighted by Gasteiger charge is -2.22. The number of anilines is 3. The number of aromatic nitrogens is 3. The highest BCUT2D eigenvalue weighted by Crippen LogP contribution is 2.30. The Labute approximate surface area is 194 Å². The number of rotatable bonds is 4. The average Bonchev–Trinajstić information content (AvgIpc) is 3.21. The van der Waals surface area contributed by atoms with Crippen molar-refractivity contribution in [3.05, 3.63) is 47.2 Å². The summed E-state index contributed by atoms with van der Waals surface area (Å²) in [6.07, 6.45) is 1.60. The van der Waals surface area contributed by atoms with E-state index in [0.717, 1.165) is 12.5 Å². The Balaban J connectivity index is 1.54. The average molecular weight is 477 g/mol. The maximum atomic E-state index is 14.4. The Bertz CT molecular complexity index is 1200. The van der Waals surface area contributed by atoms with Gasteiger partial charge in [0.1, 0.15) is 34.1 Å². The van der Waals surface area contributed by atoms with Crippen molar-refractivity contribution in [3.63, 3.8) is 0 Å². The lowest BCUT2D eigenvalue weighted by molar-refractivity contribution is 0.0509. The number of pyridine rings is 1. The molecule has 1 unspecified atom stereocenters.